The molecule has 1 aromatic carbocycles. The van der Waals surface area contributed by atoms with Crippen LogP contribution in [0.15, 0.2) is 30.3 Å². The monoisotopic (exact) mass is 290 g/mol. The van der Waals surface area contributed by atoms with Crippen molar-refractivity contribution in [2.24, 2.45) is 10.8 Å². The molecule has 1 rings (SSSR count). The van der Waals surface area contributed by atoms with Crippen molar-refractivity contribution in [1.82, 2.24) is 5.32 Å². The molecule has 0 aromatic heterocycles. The number of rotatable bonds is 3. The summed E-state index contributed by atoms with van der Waals surface area (Å²) in [6.45, 7) is 11.4. The van der Waals surface area contributed by atoms with E-state index < -0.39 is 11.5 Å². The molecule has 1 unspecified atom stereocenters. The van der Waals surface area contributed by atoms with Crippen molar-refractivity contribution < 1.29 is 9.59 Å². The molecule has 21 heavy (non-hydrogen) atoms. The van der Waals surface area contributed by atoms with Gasteiger partial charge in [-0.15, -0.1) is 0 Å². The van der Waals surface area contributed by atoms with Crippen molar-refractivity contribution in [2.75, 3.05) is 5.32 Å². The normalized spacial score (nSPS) is 13.4. The summed E-state index contributed by atoms with van der Waals surface area (Å²) in [5.74, 6) is 0.0261. The van der Waals surface area contributed by atoms with Crippen LogP contribution in [0.4, 0.5) is 10.5 Å². The van der Waals surface area contributed by atoms with Gasteiger partial charge in [0.1, 0.15) is 0 Å². The first-order chi connectivity index (χ1) is 9.51. The summed E-state index contributed by atoms with van der Waals surface area (Å²) in [6, 6.07) is 8.27. The highest BCUT2D eigenvalue weighted by Crippen LogP contribution is 2.27. The quantitative estimate of drug-likeness (QED) is 0.888. The van der Waals surface area contributed by atoms with E-state index in [4.69, 9.17) is 0 Å². The third kappa shape index (κ3) is 5.21. The van der Waals surface area contributed by atoms with Crippen LogP contribution in [-0.2, 0) is 4.79 Å². The highest BCUT2D eigenvalue weighted by atomic mass is 16.2. The Morgan fingerprint density at radius 2 is 1.48 bits per heavy atom. The van der Waals surface area contributed by atoms with Crippen molar-refractivity contribution in [3.8, 4) is 0 Å². The Morgan fingerprint density at radius 1 is 0.952 bits per heavy atom. The number of hydrogen-bond donors (Lipinski definition) is 2. The SMILES string of the molecule is CC(C)(C)C(=O)C(NC(=O)Nc1ccccc1)C(C)(C)C. The van der Waals surface area contributed by atoms with Crippen molar-refractivity contribution in [1.29, 1.82) is 0 Å². The second kappa shape index (κ2) is 6.29. The first kappa shape index (κ1) is 17.2. The highest BCUT2D eigenvalue weighted by Gasteiger charge is 2.38. The van der Waals surface area contributed by atoms with E-state index in [0.29, 0.717) is 5.69 Å². The molecule has 0 bridgehead atoms. The molecule has 1 aromatic rings. The fourth-order valence-corrected chi connectivity index (χ4v) is 1.93. The number of anilines is 1. The van der Waals surface area contributed by atoms with Crippen LogP contribution in [-0.4, -0.2) is 17.9 Å². The smallest absolute Gasteiger partial charge is 0.319 e. The predicted molar refractivity (Wildman–Crippen MR) is 86.3 cm³/mol. The van der Waals surface area contributed by atoms with E-state index in [1.165, 1.54) is 0 Å². The summed E-state index contributed by atoms with van der Waals surface area (Å²) in [6.07, 6.45) is 0. The zero-order valence-corrected chi connectivity index (χ0v) is 13.8. The van der Waals surface area contributed by atoms with Crippen LogP contribution in [0.5, 0.6) is 0 Å². The minimum Gasteiger partial charge on any atom is -0.328 e. The standard InChI is InChI=1S/C17H26N2O2/c1-16(2,3)13(14(20)17(4,5)6)19-15(21)18-12-10-8-7-9-11-12/h7-11,13H,1-6H3,(H2,18,19,21). The summed E-state index contributed by atoms with van der Waals surface area (Å²) in [5.41, 5.74) is -0.151. The van der Waals surface area contributed by atoms with Crippen LogP contribution in [0, 0.1) is 10.8 Å². The predicted octanol–water partition coefficient (Wildman–Crippen LogP) is 3.84. The van der Waals surface area contributed by atoms with Crippen molar-refractivity contribution in [3.63, 3.8) is 0 Å². The van der Waals surface area contributed by atoms with Gasteiger partial charge >= 0.3 is 6.03 Å². The molecule has 0 saturated heterocycles. The molecule has 0 aliphatic rings. The van der Waals surface area contributed by atoms with Gasteiger partial charge in [-0.2, -0.15) is 0 Å². The molecule has 116 valence electrons. The summed E-state index contributed by atoms with van der Waals surface area (Å²) in [4.78, 5) is 24.7. The summed E-state index contributed by atoms with van der Waals surface area (Å²) in [7, 11) is 0. The molecule has 4 nitrogen and oxygen atoms in total. The van der Waals surface area contributed by atoms with Crippen LogP contribution in [0.2, 0.25) is 0 Å². The Morgan fingerprint density at radius 3 is 1.90 bits per heavy atom. The lowest BCUT2D eigenvalue weighted by Gasteiger charge is -2.34. The Labute approximate surface area is 127 Å². The van der Waals surface area contributed by atoms with Gasteiger partial charge in [-0.25, -0.2) is 4.79 Å². The largest absolute Gasteiger partial charge is 0.328 e. The van der Waals surface area contributed by atoms with Crippen molar-refractivity contribution in [3.05, 3.63) is 30.3 Å². The summed E-state index contributed by atoms with van der Waals surface area (Å²) >= 11 is 0. The van der Waals surface area contributed by atoms with Gasteiger partial charge in [0.25, 0.3) is 0 Å². The molecule has 0 heterocycles. The van der Waals surface area contributed by atoms with Gasteiger partial charge < -0.3 is 10.6 Å². The second-order valence-corrected chi connectivity index (χ2v) is 7.38. The number of nitrogens with one attached hydrogen (secondary N) is 2. The zero-order chi connectivity index (χ0) is 16.3. The molecule has 0 saturated carbocycles. The minimum absolute atomic E-state index is 0.0261. The number of ketones is 1. The van der Waals surface area contributed by atoms with E-state index in [-0.39, 0.29) is 17.2 Å². The van der Waals surface area contributed by atoms with Crippen LogP contribution >= 0.6 is 0 Å². The van der Waals surface area contributed by atoms with Gasteiger partial charge in [0.05, 0.1) is 6.04 Å². The summed E-state index contributed by atoms with van der Waals surface area (Å²) < 4.78 is 0. The number of carbonyl (C=O) groups excluding carboxylic acids is 2. The van der Waals surface area contributed by atoms with Crippen LogP contribution in [0.25, 0.3) is 0 Å². The first-order valence-electron chi connectivity index (χ1n) is 7.18. The van der Waals surface area contributed by atoms with Crippen LogP contribution in [0.1, 0.15) is 41.5 Å². The maximum Gasteiger partial charge on any atom is 0.319 e. The Balaban J connectivity index is 2.83. The maximum atomic E-state index is 12.6. The molecule has 2 N–H and O–H groups in total. The molecule has 0 fully saturated rings. The topological polar surface area (TPSA) is 58.2 Å². The third-order valence-electron chi connectivity index (χ3n) is 3.17. The maximum absolute atomic E-state index is 12.6. The molecule has 2 amide bonds. The van der Waals surface area contributed by atoms with Gasteiger partial charge in [0.15, 0.2) is 5.78 Å². The average Bonchev–Trinajstić information content (AvgIpc) is 2.34. The Bertz CT molecular complexity index is 496. The first-order valence-corrected chi connectivity index (χ1v) is 7.18. The lowest BCUT2D eigenvalue weighted by Crippen LogP contribution is -2.53. The van der Waals surface area contributed by atoms with Gasteiger partial charge in [0, 0.05) is 11.1 Å². The number of hydrogen-bond acceptors (Lipinski definition) is 2. The number of amides is 2. The number of urea groups is 1. The fourth-order valence-electron chi connectivity index (χ4n) is 1.93. The number of benzene rings is 1. The van der Waals surface area contributed by atoms with Gasteiger partial charge in [-0.1, -0.05) is 59.7 Å². The van der Waals surface area contributed by atoms with E-state index in [0.717, 1.165) is 0 Å². The van der Waals surface area contributed by atoms with E-state index >= 15 is 0 Å². The molecule has 0 aliphatic heterocycles. The zero-order valence-electron chi connectivity index (χ0n) is 13.8. The molecule has 4 heteroatoms. The molecule has 1 atom stereocenters. The number of para-hydroxylation sites is 1. The van der Waals surface area contributed by atoms with Gasteiger partial charge in [-0.3, -0.25) is 4.79 Å². The van der Waals surface area contributed by atoms with E-state index in [1.807, 2.05) is 59.7 Å². The summed E-state index contributed by atoms with van der Waals surface area (Å²) in [5, 5.41) is 5.56. The lowest BCUT2D eigenvalue weighted by atomic mass is 9.76. The van der Waals surface area contributed by atoms with Gasteiger partial charge in [0.2, 0.25) is 0 Å². The number of carbonyl (C=O) groups is 2. The van der Waals surface area contributed by atoms with Crippen LogP contribution in [0.3, 0.4) is 0 Å². The number of Topliss-reactive ketones (excluding diaryl/α,β-unsaturated/α-hetero) is 1. The highest BCUT2D eigenvalue weighted by molar-refractivity contribution is 5.96. The van der Waals surface area contributed by atoms with Crippen molar-refractivity contribution >= 4 is 17.5 Å². The van der Waals surface area contributed by atoms with Crippen molar-refractivity contribution in [2.45, 2.75) is 47.6 Å². The Hall–Kier alpha value is -1.84. The van der Waals surface area contributed by atoms with Gasteiger partial charge in [-0.05, 0) is 17.5 Å². The fraction of sp³-hybridized carbons (Fsp3) is 0.529. The molecular formula is C17H26N2O2. The third-order valence-corrected chi connectivity index (χ3v) is 3.17. The Kier molecular flexibility index (Phi) is 5.15. The molecule has 0 radical (unpaired) electrons. The molecule has 0 spiro atoms. The average molecular weight is 290 g/mol. The van der Waals surface area contributed by atoms with E-state index in [1.54, 1.807) is 12.1 Å². The van der Waals surface area contributed by atoms with Crippen LogP contribution < -0.4 is 10.6 Å². The van der Waals surface area contributed by atoms with E-state index in [2.05, 4.69) is 10.6 Å². The second-order valence-electron chi connectivity index (χ2n) is 7.38. The molecular weight excluding hydrogens is 264 g/mol. The lowest BCUT2D eigenvalue weighted by molar-refractivity contribution is -0.130. The minimum atomic E-state index is -0.541. The molecule has 0 aliphatic carbocycles. The van der Waals surface area contributed by atoms with E-state index in [9.17, 15) is 9.59 Å².